The van der Waals surface area contributed by atoms with Crippen molar-refractivity contribution in [1.29, 1.82) is 0 Å². The molecular weight excluding hydrogens is 296 g/mol. The van der Waals surface area contributed by atoms with Gasteiger partial charge in [-0.25, -0.2) is 0 Å². The Kier molecular flexibility index (Phi) is 4.60. The van der Waals surface area contributed by atoms with Crippen molar-refractivity contribution in [3.05, 3.63) is 29.3 Å². The van der Waals surface area contributed by atoms with E-state index in [1.807, 2.05) is 0 Å². The van der Waals surface area contributed by atoms with Crippen molar-refractivity contribution in [2.24, 2.45) is 0 Å². The summed E-state index contributed by atoms with van der Waals surface area (Å²) in [7, 11) is 0.957. The van der Waals surface area contributed by atoms with E-state index in [2.05, 4.69) is 0 Å². The van der Waals surface area contributed by atoms with Crippen molar-refractivity contribution >= 4 is 17.3 Å². The number of hydrogen-bond donors (Lipinski definition) is 0. The Hall–Kier alpha value is -1.11. The number of halogens is 7. The topological polar surface area (TPSA) is 3.24 Å². The van der Waals surface area contributed by atoms with Crippen LogP contribution in [0, 0.1) is 0 Å². The summed E-state index contributed by atoms with van der Waals surface area (Å²) in [6.07, 6.45) is -9.32. The molecule has 0 aliphatic carbocycles. The van der Waals surface area contributed by atoms with Gasteiger partial charge in [-0.05, 0) is 17.7 Å². The fourth-order valence-corrected chi connectivity index (χ4v) is 1.75. The molecular formula is C11H10ClF6N. The molecule has 0 unspecified atom stereocenters. The second kappa shape index (κ2) is 5.48. The lowest BCUT2D eigenvalue weighted by molar-refractivity contribution is -0.138. The quantitative estimate of drug-likeness (QED) is 0.589. The monoisotopic (exact) mass is 305 g/mol. The van der Waals surface area contributed by atoms with Crippen LogP contribution in [0.25, 0.3) is 0 Å². The maximum atomic E-state index is 12.8. The molecule has 0 amide bonds. The van der Waals surface area contributed by atoms with E-state index in [1.54, 1.807) is 0 Å². The first kappa shape index (κ1) is 15.9. The fraction of sp³-hybridized carbons (Fsp3) is 0.455. The van der Waals surface area contributed by atoms with Crippen LogP contribution in [0.1, 0.15) is 11.1 Å². The molecule has 0 aliphatic heterocycles. The van der Waals surface area contributed by atoms with Gasteiger partial charge in [0.15, 0.2) is 0 Å². The van der Waals surface area contributed by atoms with E-state index in [9.17, 15) is 26.3 Å². The standard InChI is InChI=1S/C11H10ClF6N/c1-19(6-10(13,14)15)9-3-2-7(5-12)4-8(9)11(16,17)18/h2-4H,5-6H2,1H3. The zero-order valence-corrected chi connectivity index (χ0v) is 10.5. The fourth-order valence-electron chi connectivity index (χ4n) is 1.58. The highest BCUT2D eigenvalue weighted by molar-refractivity contribution is 6.17. The molecule has 0 heterocycles. The minimum Gasteiger partial charge on any atom is -0.365 e. The Labute approximate surface area is 110 Å². The number of benzene rings is 1. The Bertz CT molecular complexity index is 440. The molecule has 0 atom stereocenters. The van der Waals surface area contributed by atoms with Crippen LogP contribution in [0.15, 0.2) is 18.2 Å². The summed E-state index contributed by atoms with van der Waals surface area (Å²) in [6, 6.07) is 3.02. The molecule has 0 spiro atoms. The molecule has 0 N–H and O–H groups in total. The molecule has 0 bridgehead atoms. The Balaban J connectivity index is 3.20. The maximum absolute atomic E-state index is 12.8. The van der Waals surface area contributed by atoms with E-state index in [1.165, 1.54) is 6.07 Å². The van der Waals surface area contributed by atoms with Crippen LogP contribution in [-0.4, -0.2) is 19.8 Å². The number of rotatable bonds is 3. The normalized spacial score (nSPS) is 12.6. The first-order valence-electron chi connectivity index (χ1n) is 5.08. The highest BCUT2D eigenvalue weighted by atomic mass is 35.5. The van der Waals surface area contributed by atoms with Crippen LogP contribution in [0.2, 0.25) is 0 Å². The van der Waals surface area contributed by atoms with Gasteiger partial charge in [-0.15, -0.1) is 11.6 Å². The Morgan fingerprint density at radius 1 is 1.11 bits per heavy atom. The molecule has 0 fully saturated rings. The van der Waals surface area contributed by atoms with Crippen molar-refractivity contribution in [3.63, 3.8) is 0 Å². The molecule has 1 aromatic rings. The van der Waals surface area contributed by atoms with Gasteiger partial charge < -0.3 is 4.90 Å². The molecule has 0 aromatic heterocycles. The van der Waals surface area contributed by atoms with Crippen LogP contribution in [0.4, 0.5) is 32.0 Å². The van der Waals surface area contributed by atoms with Crippen LogP contribution < -0.4 is 4.90 Å². The molecule has 0 radical (unpaired) electrons. The van der Waals surface area contributed by atoms with E-state index in [4.69, 9.17) is 11.6 Å². The van der Waals surface area contributed by atoms with Gasteiger partial charge in [0.25, 0.3) is 0 Å². The predicted octanol–water partition coefficient (Wildman–Crippen LogP) is 4.44. The minimum atomic E-state index is -4.74. The third kappa shape index (κ3) is 4.49. The average Bonchev–Trinajstić information content (AvgIpc) is 2.24. The van der Waals surface area contributed by atoms with E-state index < -0.39 is 30.1 Å². The van der Waals surface area contributed by atoms with Crippen LogP contribution >= 0.6 is 11.6 Å². The Morgan fingerprint density at radius 3 is 2.11 bits per heavy atom. The summed E-state index contributed by atoms with van der Waals surface area (Å²) in [4.78, 5) is 0.515. The second-order valence-corrected chi connectivity index (χ2v) is 4.22. The lowest BCUT2D eigenvalue weighted by Gasteiger charge is -2.25. The zero-order valence-electron chi connectivity index (χ0n) is 9.74. The van der Waals surface area contributed by atoms with Gasteiger partial charge in [0.2, 0.25) is 0 Å². The second-order valence-electron chi connectivity index (χ2n) is 3.95. The van der Waals surface area contributed by atoms with E-state index in [0.29, 0.717) is 4.90 Å². The summed E-state index contributed by atoms with van der Waals surface area (Å²) in [6.45, 7) is -1.46. The third-order valence-corrected chi connectivity index (χ3v) is 2.66. The zero-order chi connectivity index (χ0) is 14.8. The molecule has 1 aromatic carbocycles. The third-order valence-electron chi connectivity index (χ3n) is 2.35. The number of nitrogens with zero attached hydrogens (tertiary/aromatic N) is 1. The highest BCUT2D eigenvalue weighted by Crippen LogP contribution is 2.37. The summed E-state index contributed by atoms with van der Waals surface area (Å²) >= 11 is 5.43. The molecule has 0 aliphatic rings. The average molecular weight is 306 g/mol. The van der Waals surface area contributed by atoms with Crippen molar-refractivity contribution in [1.82, 2.24) is 0 Å². The van der Waals surface area contributed by atoms with Crippen molar-refractivity contribution in [3.8, 4) is 0 Å². The van der Waals surface area contributed by atoms with E-state index >= 15 is 0 Å². The largest absolute Gasteiger partial charge is 0.418 e. The first-order valence-corrected chi connectivity index (χ1v) is 5.62. The molecule has 0 saturated heterocycles. The minimum absolute atomic E-state index is 0.146. The van der Waals surface area contributed by atoms with Gasteiger partial charge in [-0.2, -0.15) is 26.3 Å². The molecule has 1 nitrogen and oxygen atoms in total. The SMILES string of the molecule is CN(CC(F)(F)F)c1ccc(CCl)cc1C(F)(F)F. The molecule has 1 rings (SSSR count). The van der Waals surface area contributed by atoms with Crippen LogP contribution in [0.5, 0.6) is 0 Å². The molecule has 19 heavy (non-hydrogen) atoms. The maximum Gasteiger partial charge on any atom is 0.418 e. The number of hydrogen-bond acceptors (Lipinski definition) is 1. The van der Waals surface area contributed by atoms with Gasteiger partial charge in [-0.1, -0.05) is 6.07 Å². The van der Waals surface area contributed by atoms with E-state index in [0.717, 1.165) is 19.2 Å². The lowest BCUT2D eigenvalue weighted by atomic mass is 10.1. The lowest BCUT2D eigenvalue weighted by Crippen LogP contribution is -2.32. The van der Waals surface area contributed by atoms with Gasteiger partial charge >= 0.3 is 12.4 Å². The molecule has 108 valence electrons. The molecule has 0 saturated carbocycles. The highest BCUT2D eigenvalue weighted by Gasteiger charge is 2.37. The smallest absolute Gasteiger partial charge is 0.365 e. The van der Waals surface area contributed by atoms with Crippen molar-refractivity contribution in [2.45, 2.75) is 18.2 Å². The van der Waals surface area contributed by atoms with Gasteiger partial charge in [-0.3, -0.25) is 0 Å². The first-order chi connectivity index (χ1) is 8.54. The summed E-state index contributed by atoms with van der Waals surface area (Å²) in [5.74, 6) is -0.146. The summed E-state index contributed by atoms with van der Waals surface area (Å²) in [5.41, 5.74) is -1.46. The van der Waals surface area contributed by atoms with Gasteiger partial charge in [0.05, 0.1) is 5.56 Å². The van der Waals surface area contributed by atoms with Crippen LogP contribution in [0.3, 0.4) is 0 Å². The number of alkyl halides is 7. The van der Waals surface area contributed by atoms with Gasteiger partial charge in [0.1, 0.15) is 6.54 Å². The van der Waals surface area contributed by atoms with Crippen LogP contribution in [-0.2, 0) is 12.1 Å². The van der Waals surface area contributed by atoms with Crippen molar-refractivity contribution < 1.29 is 26.3 Å². The van der Waals surface area contributed by atoms with Crippen molar-refractivity contribution in [2.75, 3.05) is 18.5 Å². The summed E-state index contributed by atoms with van der Waals surface area (Å²) < 4.78 is 75.1. The van der Waals surface area contributed by atoms with Gasteiger partial charge in [0, 0.05) is 18.6 Å². The molecule has 8 heteroatoms. The summed E-state index contributed by atoms with van der Waals surface area (Å²) in [5, 5.41) is 0. The number of anilines is 1. The Morgan fingerprint density at radius 2 is 1.68 bits per heavy atom. The van der Waals surface area contributed by atoms with E-state index in [-0.39, 0.29) is 11.4 Å². The predicted molar refractivity (Wildman–Crippen MR) is 60.3 cm³/mol.